The molecule has 9 heteroatoms. The van der Waals surface area contributed by atoms with Gasteiger partial charge in [-0.25, -0.2) is 0 Å². The summed E-state index contributed by atoms with van der Waals surface area (Å²) in [7, 11) is -5.59. The lowest BCUT2D eigenvalue weighted by molar-refractivity contribution is 0.874. The summed E-state index contributed by atoms with van der Waals surface area (Å²) in [6.07, 6.45) is 15.4. The normalized spacial score (nSPS) is 14.3. The molecule has 0 amide bonds. The van der Waals surface area contributed by atoms with Crippen molar-refractivity contribution in [3.05, 3.63) is 144 Å². The monoisotopic (exact) mass is 1190 g/mol. The molecule has 0 radical (unpaired) electrons. The molecule has 1 aliphatic rings. The lowest BCUT2D eigenvalue weighted by atomic mass is 9.89. The molecule has 0 spiro atoms. The number of benzene rings is 4. The Bertz CT molecular complexity index is 1770. The van der Waals surface area contributed by atoms with Crippen LogP contribution in [0.15, 0.2) is 121 Å². The third kappa shape index (κ3) is 15.3. The number of thioether (sulfide) groups is 2. The third-order valence-electron chi connectivity index (χ3n) is 14.1. The summed E-state index contributed by atoms with van der Waals surface area (Å²) in [6, 6.07) is 61.3. The van der Waals surface area contributed by atoms with Crippen LogP contribution in [0.5, 0.6) is 0 Å². The first-order valence-electron chi connectivity index (χ1n) is 23.9. The molecular formula is C54H74Br4S2Si3. The van der Waals surface area contributed by atoms with E-state index in [-0.39, 0.29) is 0 Å². The Morgan fingerprint density at radius 2 is 0.635 bits per heavy atom. The van der Waals surface area contributed by atoms with Crippen molar-refractivity contribution >= 4 is 133 Å². The second-order valence-electron chi connectivity index (χ2n) is 18.1. The Balaban J connectivity index is 1.79. The van der Waals surface area contributed by atoms with Gasteiger partial charge in [-0.1, -0.05) is 246 Å². The molecule has 0 bridgehead atoms. The number of alkyl halides is 4. The van der Waals surface area contributed by atoms with E-state index in [2.05, 4.69) is 198 Å². The highest BCUT2D eigenvalue weighted by molar-refractivity contribution is 9.09. The number of rotatable bonds is 32. The van der Waals surface area contributed by atoms with Gasteiger partial charge in [0.2, 0.25) is 0 Å². The molecule has 0 unspecified atom stereocenters. The number of halogens is 4. The topological polar surface area (TPSA) is 0 Å². The average molecular weight is 1190 g/mol. The Labute approximate surface area is 429 Å². The van der Waals surface area contributed by atoms with Crippen LogP contribution in [0.3, 0.4) is 0 Å². The molecule has 0 N–H and O–H groups in total. The van der Waals surface area contributed by atoms with Crippen molar-refractivity contribution in [1.29, 1.82) is 0 Å². The molecule has 0 aromatic heterocycles. The van der Waals surface area contributed by atoms with Gasteiger partial charge in [-0.3, -0.25) is 0 Å². The van der Waals surface area contributed by atoms with Gasteiger partial charge in [-0.2, -0.15) is 23.5 Å². The van der Waals surface area contributed by atoms with Gasteiger partial charge in [0, 0.05) is 21.3 Å². The summed E-state index contributed by atoms with van der Waals surface area (Å²) in [4.78, 5) is 0. The third-order valence-corrected chi connectivity index (χ3v) is 34.4. The lowest BCUT2D eigenvalue weighted by Gasteiger charge is -2.39. The standard InChI is InChI=1S/C54H74Br4S2Si3/c1-59-35-19-41-61(37-15-31-55,38-16-32-56)43-21-45-63(46-22-44-62(39-17-33-57,40-18-34-58)42-20-36-60-2)53(49-27-11-5-12-28-49)51(47-23-7-3-8-24-47)52(48-25-9-4-10-26-48)54(63)50-29-13-6-14-30-50/h3-14,23-30H,15-22,31-46H2,1-2H3. The van der Waals surface area contributed by atoms with E-state index < -0.39 is 24.2 Å². The maximum Gasteiger partial charge on any atom is 0.121 e. The minimum Gasteiger partial charge on any atom is -0.165 e. The Morgan fingerprint density at radius 3 is 0.921 bits per heavy atom. The second kappa shape index (κ2) is 29.5. The quantitative estimate of drug-likeness (QED) is 0.0272. The molecular weight excluding hydrogens is 1120 g/mol. The lowest BCUT2D eigenvalue weighted by Crippen LogP contribution is -2.40. The first kappa shape index (κ1) is 53.6. The largest absolute Gasteiger partial charge is 0.165 e. The molecule has 63 heavy (non-hydrogen) atoms. The first-order chi connectivity index (χ1) is 31.0. The SMILES string of the molecule is CSCCC[Si](CCCBr)(CCCBr)CCC[Si]1(CCC[Si](CCCBr)(CCCBr)CCCSC)C(c2ccccc2)=C(c2ccccc2)C(c2ccccc2)=C1c1ccccc1. The molecule has 4 aromatic rings. The van der Waals surface area contributed by atoms with Gasteiger partial charge in [0.1, 0.15) is 8.07 Å². The van der Waals surface area contributed by atoms with Gasteiger partial charge in [-0.05, 0) is 118 Å². The smallest absolute Gasteiger partial charge is 0.121 e. The maximum atomic E-state index is 3.90. The molecule has 4 aromatic carbocycles. The van der Waals surface area contributed by atoms with E-state index in [1.165, 1.54) is 157 Å². The van der Waals surface area contributed by atoms with Crippen molar-refractivity contribution < 1.29 is 0 Å². The van der Waals surface area contributed by atoms with Crippen LogP contribution in [0.2, 0.25) is 60.4 Å². The fraction of sp³-hybridized carbons (Fsp3) is 0.481. The van der Waals surface area contributed by atoms with Crippen LogP contribution >= 0.6 is 87.2 Å². The zero-order valence-corrected chi connectivity index (χ0v) is 49.3. The van der Waals surface area contributed by atoms with Gasteiger partial charge >= 0.3 is 0 Å². The van der Waals surface area contributed by atoms with Crippen molar-refractivity contribution in [2.75, 3.05) is 45.3 Å². The summed E-state index contributed by atoms with van der Waals surface area (Å²) < 4.78 is 0. The first-order valence-corrected chi connectivity index (χ1v) is 39.2. The number of hydrogen-bond donors (Lipinski definition) is 0. The summed E-state index contributed by atoms with van der Waals surface area (Å²) in [5.41, 5.74) is 8.72. The summed E-state index contributed by atoms with van der Waals surface area (Å²) in [5.74, 6) is 2.59. The molecule has 0 atom stereocenters. The van der Waals surface area contributed by atoms with Gasteiger partial charge in [0.25, 0.3) is 0 Å². The predicted molar refractivity (Wildman–Crippen MR) is 314 cm³/mol. The number of allylic oxidation sites excluding steroid dienone is 2. The van der Waals surface area contributed by atoms with Crippen LogP contribution in [-0.4, -0.2) is 69.6 Å². The van der Waals surface area contributed by atoms with Crippen LogP contribution < -0.4 is 0 Å². The van der Waals surface area contributed by atoms with E-state index in [1.54, 1.807) is 10.4 Å². The predicted octanol–water partition coefficient (Wildman–Crippen LogP) is 19.1. The summed E-state index contributed by atoms with van der Waals surface area (Å²) in [6.45, 7) is 0. The molecule has 5 rings (SSSR count). The molecule has 1 aliphatic heterocycles. The summed E-state index contributed by atoms with van der Waals surface area (Å²) >= 11 is 19.7. The van der Waals surface area contributed by atoms with E-state index in [0.29, 0.717) is 0 Å². The van der Waals surface area contributed by atoms with E-state index in [4.69, 9.17) is 0 Å². The van der Waals surface area contributed by atoms with Gasteiger partial charge in [0.15, 0.2) is 0 Å². The van der Waals surface area contributed by atoms with Crippen molar-refractivity contribution in [3.63, 3.8) is 0 Å². The van der Waals surface area contributed by atoms with Crippen molar-refractivity contribution in [3.8, 4) is 0 Å². The van der Waals surface area contributed by atoms with Gasteiger partial charge < -0.3 is 0 Å². The minimum absolute atomic E-state index is 1.13. The average Bonchev–Trinajstić information content (AvgIpc) is 3.63. The van der Waals surface area contributed by atoms with E-state index in [0.717, 1.165) is 21.3 Å². The Morgan fingerprint density at radius 1 is 0.365 bits per heavy atom. The fourth-order valence-corrected chi connectivity index (χ4v) is 33.0. The van der Waals surface area contributed by atoms with Crippen LogP contribution in [0.4, 0.5) is 0 Å². The minimum atomic E-state index is -2.51. The molecule has 1 heterocycles. The molecule has 0 saturated heterocycles. The van der Waals surface area contributed by atoms with Gasteiger partial charge in [-0.15, -0.1) is 0 Å². The van der Waals surface area contributed by atoms with Crippen LogP contribution in [-0.2, 0) is 0 Å². The fourth-order valence-electron chi connectivity index (χ4n) is 11.3. The Kier molecular flexibility index (Phi) is 25.1. The maximum absolute atomic E-state index is 3.90. The highest BCUT2D eigenvalue weighted by Gasteiger charge is 2.50. The highest BCUT2D eigenvalue weighted by atomic mass is 79.9. The van der Waals surface area contributed by atoms with Gasteiger partial charge in [0.05, 0.1) is 16.1 Å². The van der Waals surface area contributed by atoms with E-state index in [1.807, 2.05) is 23.5 Å². The molecule has 0 saturated carbocycles. The van der Waals surface area contributed by atoms with Crippen LogP contribution in [0.1, 0.15) is 73.6 Å². The van der Waals surface area contributed by atoms with Crippen molar-refractivity contribution in [2.24, 2.45) is 0 Å². The zero-order chi connectivity index (χ0) is 44.6. The molecule has 342 valence electrons. The van der Waals surface area contributed by atoms with E-state index in [9.17, 15) is 0 Å². The van der Waals surface area contributed by atoms with Crippen molar-refractivity contribution in [1.82, 2.24) is 0 Å². The molecule has 0 nitrogen and oxygen atoms in total. The highest BCUT2D eigenvalue weighted by Crippen LogP contribution is 2.59. The number of hydrogen-bond acceptors (Lipinski definition) is 2. The molecule has 0 fully saturated rings. The van der Waals surface area contributed by atoms with Crippen molar-refractivity contribution in [2.45, 2.75) is 112 Å². The van der Waals surface area contributed by atoms with E-state index >= 15 is 0 Å². The summed E-state index contributed by atoms with van der Waals surface area (Å²) in [5, 5.41) is 7.97. The Hall–Kier alpha value is -0.369. The zero-order valence-electron chi connectivity index (χ0n) is 38.3. The molecule has 0 aliphatic carbocycles. The van der Waals surface area contributed by atoms with Crippen LogP contribution in [0.25, 0.3) is 21.5 Å². The van der Waals surface area contributed by atoms with Crippen LogP contribution in [0, 0.1) is 0 Å². The second-order valence-corrected chi connectivity index (χ2v) is 37.4.